The second-order valence-corrected chi connectivity index (χ2v) is 9.91. The van der Waals surface area contributed by atoms with Gasteiger partial charge in [0.2, 0.25) is 0 Å². The monoisotopic (exact) mass is 482 g/mol. The van der Waals surface area contributed by atoms with E-state index in [0.29, 0.717) is 16.2 Å². The highest BCUT2D eigenvalue weighted by molar-refractivity contribution is 7.94. The van der Waals surface area contributed by atoms with E-state index in [9.17, 15) is 7.77 Å². The third-order valence-corrected chi connectivity index (χ3v) is 8.08. The largest absolute Gasteiger partial charge is 0.160 e. The van der Waals surface area contributed by atoms with Gasteiger partial charge in [0.05, 0.1) is 24.3 Å². The average Bonchev–Trinajstić information content (AvgIpc) is 3.38. The number of rotatable bonds is 4. The van der Waals surface area contributed by atoms with Gasteiger partial charge in [-0.2, -0.15) is 7.77 Å². The van der Waals surface area contributed by atoms with Crippen LogP contribution < -0.4 is 0 Å². The quantitative estimate of drug-likeness (QED) is 0.245. The van der Waals surface area contributed by atoms with Crippen LogP contribution in [0.5, 0.6) is 0 Å². The lowest BCUT2D eigenvalue weighted by molar-refractivity contribution is 0.930. The van der Waals surface area contributed by atoms with Crippen molar-refractivity contribution < 1.29 is 7.77 Å². The van der Waals surface area contributed by atoms with E-state index in [2.05, 4.69) is 25.3 Å². The van der Waals surface area contributed by atoms with Crippen LogP contribution >= 0.6 is 24.3 Å². The Labute approximate surface area is 207 Å². The van der Waals surface area contributed by atoms with Gasteiger partial charge in [0.1, 0.15) is 0 Å². The normalized spacial score (nSPS) is 12.9. The summed E-state index contributed by atoms with van der Waals surface area (Å²) in [5.74, 6) is 0. The van der Waals surface area contributed by atoms with Crippen molar-refractivity contribution in [3.8, 4) is 33.4 Å². The molecule has 0 fully saturated rings. The van der Waals surface area contributed by atoms with Gasteiger partial charge in [-0.05, 0) is 92.2 Å². The van der Waals surface area contributed by atoms with Gasteiger partial charge < -0.3 is 0 Å². The summed E-state index contributed by atoms with van der Waals surface area (Å²) in [6.45, 7) is 10.5. The van der Waals surface area contributed by atoms with Crippen LogP contribution in [0, 0.1) is 6.92 Å². The summed E-state index contributed by atoms with van der Waals surface area (Å²) in [7, 11) is 0. The minimum atomic E-state index is 0.244. The van der Waals surface area contributed by atoms with Crippen molar-refractivity contribution in [2.45, 2.75) is 23.1 Å². The molecule has 6 rings (SSSR count). The second kappa shape index (κ2) is 8.00. The molecule has 0 amide bonds. The van der Waals surface area contributed by atoms with Crippen LogP contribution in [0.4, 0.5) is 7.77 Å². The molecule has 0 atom stereocenters. The lowest BCUT2D eigenvalue weighted by atomic mass is 9.86. The van der Waals surface area contributed by atoms with Crippen molar-refractivity contribution in [2.24, 2.45) is 0 Å². The minimum Gasteiger partial charge on any atom is -0.160 e. The molecule has 166 valence electrons. The maximum Gasteiger partial charge on any atom is 0.0819 e. The highest BCUT2D eigenvalue weighted by Gasteiger charge is 2.35. The zero-order chi connectivity index (χ0) is 23.6. The van der Waals surface area contributed by atoms with Gasteiger partial charge in [-0.25, -0.2) is 0 Å². The van der Waals surface area contributed by atoms with E-state index in [0.717, 1.165) is 66.8 Å². The predicted octanol–water partition coefficient (Wildman–Crippen LogP) is 9.87. The molecule has 0 spiro atoms. The molecule has 4 heteroatoms. The van der Waals surface area contributed by atoms with Crippen molar-refractivity contribution in [1.82, 2.24) is 0 Å². The SMILES string of the molecule is C=Cc1c(-c2ccccc2C)c(SF)cc2c1-c1c(cc(SF)c3c1-c1ccccc1C3)C2=C. The molecular formula is C30H20F2S2. The summed E-state index contributed by atoms with van der Waals surface area (Å²) in [6, 6.07) is 20.1. The van der Waals surface area contributed by atoms with Gasteiger partial charge in [-0.3, -0.25) is 0 Å². The van der Waals surface area contributed by atoms with E-state index in [4.69, 9.17) is 0 Å². The fourth-order valence-electron chi connectivity index (χ4n) is 5.57. The fourth-order valence-corrected chi connectivity index (χ4v) is 6.46. The highest BCUT2D eigenvalue weighted by atomic mass is 32.2. The van der Waals surface area contributed by atoms with Crippen molar-refractivity contribution in [3.05, 3.63) is 107 Å². The number of benzene rings is 4. The summed E-state index contributed by atoms with van der Waals surface area (Å²) >= 11 is 0.530. The average molecular weight is 483 g/mol. The van der Waals surface area contributed by atoms with Crippen molar-refractivity contribution in [2.75, 3.05) is 0 Å². The first-order chi connectivity index (χ1) is 16.6. The summed E-state index contributed by atoms with van der Waals surface area (Å²) in [4.78, 5) is 1.16. The van der Waals surface area contributed by atoms with E-state index < -0.39 is 0 Å². The Morgan fingerprint density at radius 1 is 0.765 bits per heavy atom. The summed E-state index contributed by atoms with van der Waals surface area (Å²) in [5, 5.41) is 0. The molecule has 0 saturated carbocycles. The zero-order valence-corrected chi connectivity index (χ0v) is 20.2. The molecule has 2 aliphatic carbocycles. The van der Waals surface area contributed by atoms with Crippen molar-refractivity contribution >= 4 is 35.9 Å². The number of hydrogen-bond donors (Lipinski definition) is 0. The van der Waals surface area contributed by atoms with E-state index in [1.165, 1.54) is 5.56 Å². The number of halogens is 2. The summed E-state index contributed by atoms with van der Waals surface area (Å²) < 4.78 is 28.5. The van der Waals surface area contributed by atoms with Gasteiger partial charge in [0.15, 0.2) is 0 Å². The molecule has 0 radical (unpaired) electrons. The van der Waals surface area contributed by atoms with E-state index in [1.54, 1.807) is 0 Å². The van der Waals surface area contributed by atoms with Crippen LogP contribution in [0.3, 0.4) is 0 Å². The second-order valence-electron chi connectivity index (χ2n) is 8.72. The molecule has 34 heavy (non-hydrogen) atoms. The first kappa shape index (κ1) is 21.5. The third kappa shape index (κ3) is 2.85. The van der Waals surface area contributed by atoms with Crippen LogP contribution in [0.25, 0.3) is 45.0 Å². The molecule has 4 aromatic carbocycles. The lowest BCUT2D eigenvalue weighted by Crippen LogP contribution is -1.96. The van der Waals surface area contributed by atoms with Crippen molar-refractivity contribution in [3.63, 3.8) is 0 Å². The van der Waals surface area contributed by atoms with Gasteiger partial charge in [0, 0.05) is 15.4 Å². The molecule has 0 nitrogen and oxygen atoms in total. The third-order valence-electron chi connectivity index (χ3n) is 7.06. The van der Waals surface area contributed by atoms with E-state index >= 15 is 0 Å². The van der Waals surface area contributed by atoms with Crippen LogP contribution in [0.15, 0.2) is 83.6 Å². The van der Waals surface area contributed by atoms with Crippen LogP contribution in [0.1, 0.15) is 33.4 Å². The molecule has 0 aliphatic heterocycles. The Morgan fingerprint density at radius 3 is 2.12 bits per heavy atom. The minimum absolute atomic E-state index is 0.244. The fraction of sp³-hybridized carbons (Fsp3) is 0.0667. The zero-order valence-electron chi connectivity index (χ0n) is 18.5. The molecule has 0 heterocycles. The lowest BCUT2D eigenvalue weighted by Gasteiger charge is -2.19. The van der Waals surface area contributed by atoms with Crippen molar-refractivity contribution in [1.29, 1.82) is 0 Å². The molecule has 0 bridgehead atoms. The summed E-state index contributed by atoms with van der Waals surface area (Å²) in [5.41, 5.74) is 12.8. The van der Waals surface area contributed by atoms with Gasteiger partial charge in [0.25, 0.3) is 0 Å². The van der Waals surface area contributed by atoms with Gasteiger partial charge >= 0.3 is 0 Å². The molecule has 0 aromatic heterocycles. The number of fused-ring (bicyclic) bond motifs is 7. The Kier molecular flexibility index (Phi) is 5.05. The van der Waals surface area contributed by atoms with Gasteiger partial charge in [-0.15, -0.1) is 0 Å². The topological polar surface area (TPSA) is 0 Å². The molecule has 4 aromatic rings. The van der Waals surface area contributed by atoms with Crippen LogP contribution in [0.2, 0.25) is 0 Å². The number of hydrogen-bond acceptors (Lipinski definition) is 2. The Balaban J connectivity index is 1.77. The molecule has 0 saturated heterocycles. The Hall–Kier alpha value is -3.08. The van der Waals surface area contributed by atoms with E-state index in [1.807, 2.05) is 61.5 Å². The van der Waals surface area contributed by atoms with Crippen LogP contribution in [-0.2, 0) is 6.42 Å². The molecule has 0 unspecified atom stereocenters. The van der Waals surface area contributed by atoms with Crippen LogP contribution in [-0.4, -0.2) is 0 Å². The van der Waals surface area contributed by atoms with Gasteiger partial charge in [-0.1, -0.05) is 67.8 Å². The molecule has 2 aliphatic rings. The maximum absolute atomic E-state index is 14.4. The first-order valence-electron chi connectivity index (χ1n) is 11.0. The summed E-state index contributed by atoms with van der Waals surface area (Å²) in [6.07, 6.45) is 2.52. The Bertz CT molecular complexity index is 1550. The smallest absolute Gasteiger partial charge is 0.0819 e. The number of aryl methyl sites for hydroxylation is 1. The van der Waals surface area contributed by atoms with E-state index in [-0.39, 0.29) is 24.3 Å². The first-order valence-corrected chi connectivity index (χ1v) is 12.5. The molecule has 0 N–H and O–H groups in total. The highest BCUT2D eigenvalue weighted by Crippen LogP contribution is 2.58. The predicted molar refractivity (Wildman–Crippen MR) is 142 cm³/mol. The molecular weight excluding hydrogens is 462 g/mol. The Morgan fingerprint density at radius 2 is 1.41 bits per heavy atom. The maximum atomic E-state index is 14.4. The standard InChI is InChI=1S/C30H20F2S2/c1-4-19-27(20-11-7-5-9-16(20)2)26(34-32)15-22-17(3)23-14-25(33-31)24-13-18-10-6-8-12-21(18)29(24)30(23)28(19)22/h4-12,14-15H,1,3,13H2,2H3.